The van der Waals surface area contributed by atoms with E-state index in [1.165, 1.54) is 0 Å². The summed E-state index contributed by atoms with van der Waals surface area (Å²) in [6, 6.07) is 0. The largest absolute Gasteiger partial charge is 0.481 e. The average molecular weight is 211 g/mol. The summed E-state index contributed by atoms with van der Waals surface area (Å²) in [5.41, 5.74) is -0.103. The molecular weight excluding hydrogens is 194 g/mol. The molecular formula is C11H17NO3. The van der Waals surface area contributed by atoms with E-state index in [0.29, 0.717) is 25.1 Å². The Balaban J connectivity index is 2.73. The van der Waals surface area contributed by atoms with Crippen LogP contribution in [0.2, 0.25) is 0 Å². The molecule has 1 fully saturated rings. The van der Waals surface area contributed by atoms with E-state index in [4.69, 9.17) is 5.11 Å². The lowest BCUT2D eigenvalue weighted by atomic mass is 9.90. The number of amides is 1. The standard InChI is InChI=1S/C11H17NO3/c1-4-8(2)9(13)12-6-5-11(3,7-12)10(14)15/h4H,5-7H2,1-3H3,(H,14,15)/b8-4-/t11-/m0/s1. The molecule has 1 heterocycles. The van der Waals surface area contributed by atoms with Gasteiger partial charge in [0.05, 0.1) is 5.41 Å². The predicted octanol–water partition coefficient (Wildman–Crippen LogP) is 1.28. The predicted molar refractivity (Wildman–Crippen MR) is 56.4 cm³/mol. The number of carbonyl (C=O) groups excluding carboxylic acids is 1. The van der Waals surface area contributed by atoms with Gasteiger partial charge >= 0.3 is 5.97 Å². The van der Waals surface area contributed by atoms with Gasteiger partial charge in [0.2, 0.25) is 5.91 Å². The van der Waals surface area contributed by atoms with Crippen molar-refractivity contribution in [3.63, 3.8) is 0 Å². The summed E-state index contributed by atoms with van der Waals surface area (Å²) in [7, 11) is 0. The first-order valence-corrected chi connectivity index (χ1v) is 5.06. The second-order valence-electron chi connectivity index (χ2n) is 4.31. The molecule has 4 nitrogen and oxygen atoms in total. The summed E-state index contributed by atoms with van der Waals surface area (Å²) in [5.74, 6) is -0.876. The number of carboxylic acid groups (broad SMARTS) is 1. The van der Waals surface area contributed by atoms with Gasteiger partial charge < -0.3 is 10.0 Å². The Hall–Kier alpha value is -1.32. The van der Waals surface area contributed by atoms with Crippen LogP contribution in [0.25, 0.3) is 0 Å². The molecule has 1 aliphatic heterocycles. The van der Waals surface area contributed by atoms with E-state index < -0.39 is 11.4 Å². The molecule has 1 amide bonds. The van der Waals surface area contributed by atoms with Crippen molar-refractivity contribution in [1.29, 1.82) is 0 Å². The lowest BCUT2D eigenvalue weighted by Gasteiger charge is -2.20. The molecule has 1 saturated heterocycles. The van der Waals surface area contributed by atoms with E-state index in [0.717, 1.165) is 0 Å². The first-order chi connectivity index (χ1) is 6.90. The highest BCUT2D eigenvalue weighted by molar-refractivity contribution is 5.93. The minimum atomic E-state index is -0.823. The molecule has 0 aromatic carbocycles. The third kappa shape index (κ3) is 2.19. The monoisotopic (exact) mass is 211 g/mol. The van der Waals surface area contributed by atoms with E-state index in [9.17, 15) is 9.59 Å². The number of likely N-dealkylation sites (tertiary alicyclic amines) is 1. The molecule has 0 aliphatic carbocycles. The van der Waals surface area contributed by atoms with Crippen LogP contribution in [0.3, 0.4) is 0 Å². The van der Waals surface area contributed by atoms with Gasteiger partial charge in [0.1, 0.15) is 0 Å². The van der Waals surface area contributed by atoms with Crippen LogP contribution < -0.4 is 0 Å². The molecule has 0 radical (unpaired) electrons. The van der Waals surface area contributed by atoms with Crippen LogP contribution in [-0.2, 0) is 9.59 Å². The van der Waals surface area contributed by atoms with Gasteiger partial charge in [-0.25, -0.2) is 0 Å². The van der Waals surface area contributed by atoms with Gasteiger partial charge in [0.25, 0.3) is 0 Å². The van der Waals surface area contributed by atoms with E-state index in [1.54, 1.807) is 31.7 Å². The van der Waals surface area contributed by atoms with Crippen LogP contribution in [0.4, 0.5) is 0 Å². The van der Waals surface area contributed by atoms with Crippen molar-refractivity contribution in [2.75, 3.05) is 13.1 Å². The summed E-state index contributed by atoms with van der Waals surface area (Å²) < 4.78 is 0. The SMILES string of the molecule is C/C=C(/C)C(=O)N1CC[C@](C)(C(=O)O)C1. The molecule has 1 atom stereocenters. The van der Waals surface area contributed by atoms with Crippen molar-refractivity contribution in [2.45, 2.75) is 27.2 Å². The summed E-state index contributed by atoms with van der Waals surface area (Å²) in [6.07, 6.45) is 2.28. The number of aliphatic carboxylic acids is 1. The summed E-state index contributed by atoms with van der Waals surface area (Å²) in [4.78, 5) is 24.3. The maximum Gasteiger partial charge on any atom is 0.311 e. The minimum Gasteiger partial charge on any atom is -0.481 e. The Labute approximate surface area is 89.6 Å². The van der Waals surface area contributed by atoms with Crippen LogP contribution in [-0.4, -0.2) is 35.0 Å². The van der Waals surface area contributed by atoms with E-state index in [1.807, 2.05) is 0 Å². The summed E-state index contributed by atoms with van der Waals surface area (Å²) in [6.45, 7) is 6.09. The highest BCUT2D eigenvalue weighted by Crippen LogP contribution is 2.30. The zero-order valence-corrected chi connectivity index (χ0v) is 9.41. The van der Waals surface area contributed by atoms with Crippen LogP contribution >= 0.6 is 0 Å². The normalized spacial score (nSPS) is 26.9. The lowest BCUT2D eigenvalue weighted by Crippen LogP contribution is -2.35. The minimum absolute atomic E-state index is 0.0533. The number of nitrogens with zero attached hydrogens (tertiary/aromatic N) is 1. The molecule has 0 aromatic heterocycles. The van der Waals surface area contributed by atoms with Crippen LogP contribution in [0.5, 0.6) is 0 Å². The zero-order valence-electron chi connectivity index (χ0n) is 9.41. The van der Waals surface area contributed by atoms with Crippen LogP contribution in [0, 0.1) is 5.41 Å². The second-order valence-corrected chi connectivity index (χ2v) is 4.31. The molecule has 0 unspecified atom stereocenters. The first kappa shape index (κ1) is 11.8. The number of hydrogen-bond acceptors (Lipinski definition) is 2. The fourth-order valence-corrected chi connectivity index (χ4v) is 1.68. The molecule has 1 rings (SSSR count). The van der Waals surface area contributed by atoms with Crippen molar-refractivity contribution in [3.05, 3.63) is 11.6 Å². The first-order valence-electron chi connectivity index (χ1n) is 5.06. The fraction of sp³-hybridized carbons (Fsp3) is 0.636. The number of carboxylic acids is 1. The molecule has 0 aromatic rings. The number of carbonyl (C=O) groups is 2. The third-order valence-electron chi connectivity index (χ3n) is 3.05. The molecule has 15 heavy (non-hydrogen) atoms. The van der Waals surface area contributed by atoms with Gasteiger partial charge in [0, 0.05) is 18.7 Å². The smallest absolute Gasteiger partial charge is 0.311 e. The molecule has 1 N–H and O–H groups in total. The van der Waals surface area contributed by atoms with Gasteiger partial charge in [-0.05, 0) is 27.2 Å². The van der Waals surface area contributed by atoms with Crippen molar-refractivity contribution >= 4 is 11.9 Å². The second kappa shape index (κ2) is 4.04. The van der Waals surface area contributed by atoms with Gasteiger partial charge in [-0.3, -0.25) is 9.59 Å². The van der Waals surface area contributed by atoms with Gasteiger partial charge in [0.15, 0.2) is 0 Å². The highest BCUT2D eigenvalue weighted by Gasteiger charge is 2.42. The topological polar surface area (TPSA) is 57.6 Å². The van der Waals surface area contributed by atoms with Crippen LogP contribution in [0.15, 0.2) is 11.6 Å². The lowest BCUT2D eigenvalue weighted by molar-refractivity contribution is -0.147. The van der Waals surface area contributed by atoms with Crippen molar-refractivity contribution in [3.8, 4) is 0 Å². The molecule has 4 heteroatoms. The Morgan fingerprint density at radius 2 is 2.07 bits per heavy atom. The molecule has 0 saturated carbocycles. The Bertz CT molecular complexity index is 322. The Morgan fingerprint density at radius 3 is 2.47 bits per heavy atom. The number of hydrogen-bond donors (Lipinski definition) is 1. The third-order valence-corrected chi connectivity index (χ3v) is 3.05. The van der Waals surface area contributed by atoms with Crippen molar-refractivity contribution in [1.82, 2.24) is 4.90 Å². The summed E-state index contributed by atoms with van der Waals surface area (Å²) >= 11 is 0. The van der Waals surface area contributed by atoms with E-state index >= 15 is 0 Å². The maximum absolute atomic E-state index is 11.8. The Morgan fingerprint density at radius 1 is 1.47 bits per heavy atom. The van der Waals surface area contributed by atoms with Gasteiger partial charge in [-0.2, -0.15) is 0 Å². The van der Waals surface area contributed by atoms with Gasteiger partial charge in [-0.15, -0.1) is 0 Å². The highest BCUT2D eigenvalue weighted by atomic mass is 16.4. The number of allylic oxidation sites excluding steroid dienone is 1. The summed E-state index contributed by atoms with van der Waals surface area (Å²) in [5, 5.41) is 9.02. The maximum atomic E-state index is 11.8. The van der Waals surface area contributed by atoms with E-state index in [2.05, 4.69) is 0 Å². The van der Waals surface area contributed by atoms with Gasteiger partial charge in [-0.1, -0.05) is 6.08 Å². The van der Waals surface area contributed by atoms with Crippen molar-refractivity contribution in [2.24, 2.45) is 5.41 Å². The molecule has 84 valence electrons. The molecule has 1 aliphatic rings. The number of rotatable bonds is 2. The average Bonchev–Trinajstić information content (AvgIpc) is 2.60. The van der Waals surface area contributed by atoms with Crippen molar-refractivity contribution < 1.29 is 14.7 Å². The zero-order chi connectivity index (χ0) is 11.6. The quantitative estimate of drug-likeness (QED) is 0.700. The Kier molecular flexibility index (Phi) is 3.17. The fourth-order valence-electron chi connectivity index (χ4n) is 1.68. The molecule has 0 spiro atoms. The van der Waals surface area contributed by atoms with E-state index in [-0.39, 0.29) is 5.91 Å². The molecule has 0 bridgehead atoms. The van der Waals surface area contributed by atoms with Crippen LogP contribution in [0.1, 0.15) is 27.2 Å².